The molecule has 0 amide bonds. The molecule has 0 aromatic carbocycles. The van der Waals surface area contributed by atoms with Gasteiger partial charge in [-0.3, -0.25) is 4.98 Å². The van der Waals surface area contributed by atoms with E-state index in [-0.39, 0.29) is 6.61 Å². The summed E-state index contributed by atoms with van der Waals surface area (Å²) < 4.78 is 0. The summed E-state index contributed by atoms with van der Waals surface area (Å²) in [5, 5.41) is 15.0. The summed E-state index contributed by atoms with van der Waals surface area (Å²) in [6.07, 6.45) is 5.98. The molecule has 100 valence electrons. The Morgan fingerprint density at radius 3 is 2.37 bits per heavy atom. The third-order valence-corrected chi connectivity index (χ3v) is 2.55. The van der Waals surface area contributed by atoms with Crippen LogP contribution >= 0.6 is 0 Å². The first-order valence-electron chi connectivity index (χ1n) is 6.18. The summed E-state index contributed by atoms with van der Waals surface area (Å²) in [5.41, 5.74) is 1.23. The molecule has 0 bridgehead atoms. The Balaban J connectivity index is 1.82. The van der Waals surface area contributed by atoms with Crippen LogP contribution in [0.2, 0.25) is 0 Å². The van der Waals surface area contributed by atoms with Gasteiger partial charge in [0.15, 0.2) is 0 Å². The van der Waals surface area contributed by atoms with Gasteiger partial charge in [0.25, 0.3) is 0 Å². The van der Waals surface area contributed by atoms with Gasteiger partial charge in [0.2, 0.25) is 0 Å². The maximum absolute atomic E-state index is 8.74. The maximum atomic E-state index is 8.74. The smallest absolute Gasteiger partial charge is 0.131 e. The molecular weight excluding hydrogens is 242 g/mol. The molecule has 0 atom stereocenters. The van der Waals surface area contributed by atoms with Crippen molar-refractivity contribution in [3.8, 4) is 0 Å². The highest BCUT2D eigenvalue weighted by Crippen LogP contribution is 2.08. The van der Waals surface area contributed by atoms with Gasteiger partial charge in [-0.25, -0.2) is 9.97 Å². The number of anilines is 2. The van der Waals surface area contributed by atoms with Gasteiger partial charge < -0.3 is 15.7 Å². The molecule has 19 heavy (non-hydrogen) atoms. The molecule has 0 fully saturated rings. The molecule has 6 heteroatoms. The molecule has 0 aliphatic rings. The van der Waals surface area contributed by atoms with Crippen molar-refractivity contribution >= 4 is 11.6 Å². The van der Waals surface area contributed by atoms with Crippen molar-refractivity contribution in [2.24, 2.45) is 0 Å². The van der Waals surface area contributed by atoms with E-state index in [4.69, 9.17) is 5.11 Å². The number of nitrogens with zero attached hydrogens (tertiary/aromatic N) is 3. The van der Waals surface area contributed by atoms with Gasteiger partial charge in [-0.2, -0.15) is 0 Å². The molecule has 0 aliphatic heterocycles. The lowest BCUT2D eigenvalue weighted by Gasteiger charge is -2.07. The highest BCUT2D eigenvalue weighted by atomic mass is 16.3. The minimum absolute atomic E-state index is 0.0782. The van der Waals surface area contributed by atoms with Crippen LogP contribution in [0.4, 0.5) is 11.6 Å². The number of rotatable bonds is 7. The Hall–Kier alpha value is -2.21. The van der Waals surface area contributed by atoms with Gasteiger partial charge in [0, 0.05) is 31.5 Å². The molecule has 2 rings (SSSR count). The van der Waals surface area contributed by atoms with Gasteiger partial charge in [-0.1, -0.05) is 0 Å². The summed E-state index contributed by atoms with van der Waals surface area (Å²) in [6, 6.07) is 5.81. The number of aromatic nitrogens is 3. The van der Waals surface area contributed by atoms with Crippen LogP contribution in [0.25, 0.3) is 0 Å². The molecule has 2 aromatic rings. The fraction of sp³-hybridized carbons (Fsp3) is 0.308. The lowest BCUT2D eigenvalue weighted by molar-refractivity contribution is 0.311. The molecule has 0 spiro atoms. The molecule has 0 unspecified atom stereocenters. The first-order chi connectivity index (χ1) is 9.38. The Kier molecular flexibility index (Phi) is 5.06. The molecule has 2 aromatic heterocycles. The van der Waals surface area contributed by atoms with E-state index in [2.05, 4.69) is 25.6 Å². The number of hydrogen-bond acceptors (Lipinski definition) is 6. The summed E-state index contributed by atoms with van der Waals surface area (Å²) in [7, 11) is 0. The lowest BCUT2D eigenvalue weighted by atomic mass is 10.2. The van der Waals surface area contributed by atoms with Gasteiger partial charge in [0.1, 0.15) is 18.0 Å². The average molecular weight is 259 g/mol. The lowest BCUT2D eigenvalue weighted by Crippen LogP contribution is -2.10. The fourth-order valence-corrected chi connectivity index (χ4v) is 1.62. The molecular formula is C13H17N5O. The molecule has 3 N–H and O–H groups in total. The highest BCUT2D eigenvalue weighted by molar-refractivity contribution is 5.46. The Morgan fingerprint density at radius 1 is 1.00 bits per heavy atom. The van der Waals surface area contributed by atoms with Crippen LogP contribution in [-0.2, 0) is 6.42 Å². The largest absolute Gasteiger partial charge is 0.395 e. The molecule has 0 radical (unpaired) electrons. The van der Waals surface area contributed by atoms with Crippen molar-refractivity contribution in [3.63, 3.8) is 0 Å². The number of aliphatic hydroxyl groups is 1. The number of pyridine rings is 1. The number of aliphatic hydroxyl groups excluding tert-OH is 1. The van der Waals surface area contributed by atoms with E-state index in [1.165, 1.54) is 11.9 Å². The Bertz CT molecular complexity index is 491. The van der Waals surface area contributed by atoms with Gasteiger partial charge >= 0.3 is 0 Å². The maximum Gasteiger partial charge on any atom is 0.131 e. The van der Waals surface area contributed by atoms with E-state index in [0.29, 0.717) is 12.4 Å². The monoisotopic (exact) mass is 259 g/mol. The number of hydrogen-bond donors (Lipinski definition) is 3. The van der Waals surface area contributed by atoms with E-state index < -0.39 is 0 Å². The van der Waals surface area contributed by atoms with E-state index in [1.807, 2.05) is 18.2 Å². The van der Waals surface area contributed by atoms with Gasteiger partial charge in [-0.15, -0.1) is 0 Å². The number of nitrogens with one attached hydrogen (secondary N) is 2. The highest BCUT2D eigenvalue weighted by Gasteiger charge is 1.98. The van der Waals surface area contributed by atoms with Crippen LogP contribution in [0, 0.1) is 0 Å². The zero-order chi connectivity index (χ0) is 13.3. The average Bonchev–Trinajstić information content (AvgIpc) is 2.47. The molecule has 6 nitrogen and oxygen atoms in total. The Labute approximate surface area is 112 Å². The first-order valence-corrected chi connectivity index (χ1v) is 6.18. The van der Waals surface area contributed by atoms with Crippen molar-refractivity contribution in [1.29, 1.82) is 0 Å². The quantitative estimate of drug-likeness (QED) is 0.686. The SMILES string of the molecule is OCCNc1cc(NCCc2ccncc2)ncn1. The summed E-state index contributed by atoms with van der Waals surface area (Å²) in [4.78, 5) is 12.2. The van der Waals surface area contributed by atoms with E-state index in [0.717, 1.165) is 18.8 Å². The summed E-state index contributed by atoms with van der Waals surface area (Å²) in [6.45, 7) is 1.35. The predicted octanol–water partition coefficient (Wildman–Crippen LogP) is 0.930. The fourth-order valence-electron chi connectivity index (χ4n) is 1.62. The van der Waals surface area contributed by atoms with Crippen LogP contribution in [0.3, 0.4) is 0 Å². The van der Waals surface area contributed by atoms with Crippen LogP contribution in [-0.4, -0.2) is 39.8 Å². The zero-order valence-electron chi connectivity index (χ0n) is 10.6. The topological polar surface area (TPSA) is 83.0 Å². The minimum Gasteiger partial charge on any atom is -0.395 e. The van der Waals surface area contributed by atoms with Crippen molar-refractivity contribution in [2.75, 3.05) is 30.3 Å². The van der Waals surface area contributed by atoms with Crippen molar-refractivity contribution in [3.05, 3.63) is 42.5 Å². The van der Waals surface area contributed by atoms with E-state index >= 15 is 0 Å². The van der Waals surface area contributed by atoms with Crippen LogP contribution in [0.15, 0.2) is 36.9 Å². The van der Waals surface area contributed by atoms with Gasteiger partial charge in [0.05, 0.1) is 6.61 Å². The predicted molar refractivity (Wildman–Crippen MR) is 74.0 cm³/mol. The molecule has 0 saturated carbocycles. The van der Waals surface area contributed by atoms with Crippen molar-refractivity contribution in [1.82, 2.24) is 15.0 Å². The second-order valence-corrected chi connectivity index (χ2v) is 3.97. The second-order valence-electron chi connectivity index (χ2n) is 3.97. The second kappa shape index (κ2) is 7.27. The Morgan fingerprint density at radius 2 is 1.68 bits per heavy atom. The summed E-state index contributed by atoms with van der Waals surface area (Å²) >= 11 is 0. The first kappa shape index (κ1) is 13.2. The third-order valence-electron chi connectivity index (χ3n) is 2.55. The molecule has 0 saturated heterocycles. The van der Waals surface area contributed by atoms with Gasteiger partial charge in [-0.05, 0) is 24.1 Å². The summed E-state index contributed by atoms with van der Waals surface area (Å²) in [5.74, 6) is 1.47. The standard InChI is InChI=1S/C13H17N5O/c19-8-7-16-13-9-12(17-10-18-13)15-6-3-11-1-4-14-5-2-11/h1-2,4-5,9-10,19H,3,6-8H2,(H2,15,16,17,18). The third kappa shape index (κ3) is 4.51. The van der Waals surface area contributed by atoms with E-state index in [9.17, 15) is 0 Å². The van der Waals surface area contributed by atoms with E-state index in [1.54, 1.807) is 12.4 Å². The normalized spacial score (nSPS) is 10.2. The molecule has 2 heterocycles. The van der Waals surface area contributed by atoms with Crippen LogP contribution in [0.5, 0.6) is 0 Å². The van der Waals surface area contributed by atoms with Crippen LogP contribution in [0.1, 0.15) is 5.56 Å². The minimum atomic E-state index is 0.0782. The van der Waals surface area contributed by atoms with Crippen molar-refractivity contribution in [2.45, 2.75) is 6.42 Å². The van der Waals surface area contributed by atoms with Crippen LogP contribution < -0.4 is 10.6 Å². The zero-order valence-corrected chi connectivity index (χ0v) is 10.6. The van der Waals surface area contributed by atoms with Crippen molar-refractivity contribution < 1.29 is 5.11 Å². The molecule has 0 aliphatic carbocycles.